The third-order valence-electron chi connectivity index (χ3n) is 2.31. The first-order chi connectivity index (χ1) is 8.74. The first-order valence-electron chi connectivity index (χ1n) is 5.02. The van der Waals surface area contributed by atoms with Crippen molar-refractivity contribution in [2.24, 2.45) is 7.05 Å². The average molecular weight is 262 g/mol. The molecule has 0 N–H and O–H groups in total. The Morgan fingerprint density at radius 3 is 2.94 bits per heavy atom. The topological polar surface area (TPSA) is 69.4 Å². The van der Waals surface area contributed by atoms with Crippen molar-refractivity contribution >= 4 is 22.7 Å². The van der Waals surface area contributed by atoms with Crippen molar-refractivity contribution in [3.8, 4) is 0 Å². The second-order valence-corrected chi connectivity index (χ2v) is 4.49. The highest BCUT2D eigenvalue weighted by Gasteiger charge is 2.10. The van der Waals surface area contributed by atoms with Crippen LogP contribution in [0, 0.1) is 5.95 Å². The lowest BCUT2D eigenvalue weighted by atomic mass is 10.3. The highest BCUT2D eigenvalue weighted by Crippen LogP contribution is 2.28. The fourth-order valence-electron chi connectivity index (χ4n) is 1.44. The van der Waals surface area contributed by atoms with Crippen LogP contribution >= 0.6 is 11.8 Å². The number of hydrogen-bond donors (Lipinski definition) is 0. The molecule has 6 nitrogen and oxygen atoms in total. The summed E-state index contributed by atoms with van der Waals surface area (Å²) in [5.41, 5.74) is 0.594. The molecule has 3 aromatic heterocycles. The van der Waals surface area contributed by atoms with E-state index in [4.69, 9.17) is 0 Å². The lowest BCUT2D eigenvalue weighted by Crippen LogP contribution is -1.93. The molecule has 0 saturated carbocycles. The van der Waals surface area contributed by atoms with Crippen molar-refractivity contribution < 1.29 is 4.39 Å². The van der Waals surface area contributed by atoms with Crippen LogP contribution in [0.4, 0.5) is 4.39 Å². The van der Waals surface area contributed by atoms with Gasteiger partial charge < -0.3 is 4.57 Å². The van der Waals surface area contributed by atoms with Crippen molar-refractivity contribution in [3.63, 3.8) is 0 Å². The zero-order valence-electron chi connectivity index (χ0n) is 9.28. The molecular formula is C10H7FN6S. The SMILES string of the molecule is Cn1cnnc1Sc1ncnc2cnc(F)cc12. The molecule has 3 rings (SSSR count). The minimum atomic E-state index is -0.558. The van der Waals surface area contributed by atoms with Gasteiger partial charge in [0.25, 0.3) is 0 Å². The third-order valence-corrected chi connectivity index (χ3v) is 3.38. The molecule has 90 valence electrons. The molecule has 0 amide bonds. The van der Waals surface area contributed by atoms with E-state index in [1.807, 2.05) is 7.05 Å². The van der Waals surface area contributed by atoms with Crippen LogP contribution in [0.5, 0.6) is 0 Å². The highest BCUT2D eigenvalue weighted by atomic mass is 32.2. The minimum Gasteiger partial charge on any atom is -0.311 e. The molecule has 0 saturated heterocycles. The molecular weight excluding hydrogens is 255 g/mol. The Morgan fingerprint density at radius 2 is 2.17 bits per heavy atom. The van der Waals surface area contributed by atoms with Gasteiger partial charge in [0.1, 0.15) is 17.7 Å². The van der Waals surface area contributed by atoms with Gasteiger partial charge >= 0.3 is 0 Å². The number of hydrogen-bond acceptors (Lipinski definition) is 6. The number of halogens is 1. The predicted molar refractivity (Wildman–Crippen MR) is 62.4 cm³/mol. The lowest BCUT2D eigenvalue weighted by molar-refractivity contribution is 0.585. The molecule has 0 aliphatic heterocycles. The number of nitrogens with zero attached hydrogens (tertiary/aromatic N) is 6. The summed E-state index contributed by atoms with van der Waals surface area (Å²) in [7, 11) is 1.83. The molecule has 8 heteroatoms. The standard InChI is InChI=1S/C10H7FN6S/c1-17-5-15-16-10(17)18-9-6-2-8(11)12-3-7(6)13-4-14-9/h2-5H,1H3. The normalized spacial score (nSPS) is 11.0. The van der Waals surface area contributed by atoms with E-state index in [0.29, 0.717) is 21.1 Å². The van der Waals surface area contributed by atoms with Crippen LogP contribution in [0.3, 0.4) is 0 Å². The highest BCUT2D eigenvalue weighted by molar-refractivity contribution is 7.99. The van der Waals surface area contributed by atoms with Crippen LogP contribution in [-0.2, 0) is 7.05 Å². The molecule has 0 aliphatic carbocycles. The Morgan fingerprint density at radius 1 is 1.28 bits per heavy atom. The summed E-state index contributed by atoms with van der Waals surface area (Å²) in [4.78, 5) is 11.7. The van der Waals surface area contributed by atoms with Gasteiger partial charge in [0, 0.05) is 18.5 Å². The van der Waals surface area contributed by atoms with Crippen molar-refractivity contribution in [2.45, 2.75) is 10.2 Å². The van der Waals surface area contributed by atoms with Gasteiger partial charge in [-0.15, -0.1) is 10.2 Å². The van der Waals surface area contributed by atoms with Crippen LogP contribution in [0.15, 0.2) is 35.1 Å². The molecule has 0 spiro atoms. The first-order valence-corrected chi connectivity index (χ1v) is 5.84. The number of aryl methyl sites for hydroxylation is 1. The molecule has 3 aromatic rings. The van der Waals surface area contributed by atoms with Gasteiger partial charge in [0.15, 0.2) is 5.16 Å². The van der Waals surface area contributed by atoms with E-state index in [-0.39, 0.29) is 0 Å². The molecule has 18 heavy (non-hydrogen) atoms. The maximum Gasteiger partial charge on any atom is 0.213 e. The number of aromatic nitrogens is 6. The summed E-state index contributed by atoms with van der Waals surface area (Å²) in [5.74, 6) is -0.558. The van der Waals surface area contributed by atoms with E-state index in [1.54, 1.807) is 10.9 Å². The summed E-state index contributed by atoms with van der Waals surface area (Å²) in [6, 6.07) is 1.31. The second kappa shape index (κ2) is 4.30. The minimum absolute atomic E-state index is 0.558. The molecule has 0 radical (unpaired) electrons. The molecule has 0 bridgehead atoms. The van der Waals surface area contributed by atoms with Crippen LogP contribution in [0.1, 0.15) is 0 Å². The summed E-state index contributed by atoms with van der Waals surface area (Å²) in [6.45, 7) is 0. The third kappa shape index (κ3) is 1.90. The summed E-state index contributed by atoms with van der Waals surface area (Å²) < 4.78 is 14.9. The summed E-state index contributed by atoms with van der Waals surface area (Å²) in [6.07, 6.45) is 4.39. The Labute approximate surface area is 105 Å². The van der Waals surface area contributed by atoms with Crippen molar-refractivity contribution in [2.75, 3.05) is 0 Å². The molecule has 0 atom stereocenters. The van der Waals surface area contributed by atoms with E-state index in [1.165, 1.54) is 30.4 Å². The number of rotatable bonds is 2. The van der Waals surface area contributed by atoms with Gasteiger partial charge in [-0.3, -0.25) is 0 Å². The van der Waals surface area contributed by atoms with E-state index in [2.05, 4.69) is 25.1 Å². The van der Waals surface area contributed by atoms with E-state index in [0.717, 1.165) is 0 Å². The number of fused-ring (bicyclic) bond motifs is 1. The fraction of sp³-hybridized carbons (Fsp3) is 0.100. The van der Waals surface area contributed by atoms with Gasteiger partial charge in [0.05, 0.1) is 11.7 Å². The molecule has 3 heterocycles. The fourth-order valence-corrected chi connectivity index (χ4v) is 2.27. The number of pyridine rings is 1. The van der Waals surface area contributed by atoms with E-state index >= 15 is 0 Å². The van der Waals surface area contributed by atoms with Gasteiger partial charge in [-0.25, -0.2) is 15.0 Å². The molecule has 0 aliphatic rings. The van der Waals surface area contributed by atoms with Crippen LogP contribution in [0.25, 0.3) is 10.9 Å². The Bertz CT molecular complexity index is 712. The predicted octanol–water partition coefficient (Wildman–Crippen LogP) is 1.44. The smallest absolute Gasteiger partial charge is 0.213 e. The Hall–Kier alpha value is -2.09. The maximum atomic E-state index is 13.2. The maximum absolute atomic E-state index is 13.2. The van der Waals surface area contributed by atoms with Crippen LogP contribution in [-0.4, -0.2) is 29.7 Å². The lowest BCUT2D eigenvalue weighted by Gasteiger charge is -2.03. The van der Waals surface area contributed by atoms with Crippen molar-refractivity contribution in [3.05, 3.63) is 30.9 Å². The largest absolute Gasteiger partial charge is 0.311 e. The summed E-state index contributed by atoms with van der Waals surface area (Å²) >= 11 is 1.30. The van der Waals surface area contributed by atoms with Crippen molar-refractivity contribution in [1.29, 1.82) is 0 Å². The zero-order chi connectivity index (χ0) is 12.5. The Kier molecular flexibility index (Phi) is 2.63. The van der Waals surface area contributed by atoms with Gasteiger partial charge in [-0.05, 0) is 11.8 Å². The van der Waals surface area contributed by atoms with Crippen LogP contribution in [0.2, 0.25) is 0 Å². The zero-order valence-corrected chi connectivity index (χ0v) is 10.1. The van der Waals surface area contributed by atoms with E-state index in [9.17, 15) is 4.39 Å². The molecule has 0 fully saturated rings. The quantitative estimate of drug-likeness (QED) is 0.514. The van der Waals surface area contributed by atoms with Crippen molar-refractivity contribution in [1.82, 2.24) is 29.7 Å². The Balaban J connectivity index is 2.11. The van der Waals surface area contributed by atoms with E-state index < -0.39 is 5.95 Å². The van der Waals surface area contributed by atoms with Gasteiger partial charge in [-0.2, -0.15) is 4.39 Å². The monoisotopic (exact) mass is 262 g/mol. The second-order valence-electron chi connectivity index (χ2n) is 3.53. The van der Waals surface area contributed by atoms with Gasteiger partial charge in [-0.1, -0.05) is 0 Å². The molecule has 0 unspecified atom stereocenters. The van der Waals surface area contributed by atoms with Crippen LogP contribution < -0.4 is 0 Å². The first kappa shape index (κ1) is 11.0. The average Bonchev–Trinajstić information content (AvgIpc) is 2.76. The summed E-state index contributed by atoms with van der Waals surface area (Å²) in [5, 5.41) is 9.63. The van der Waals surface area contributed by atoms with Gasteiger partial charge in [0.2, 0.25) is 5.95 Å². The molecule has 0 aromatic carbocycles.